The summed E-state index contributed by atoms with van der Waals surface area (Å²) in [5.74, 6) is 0.414. The first-order valence-corrected chi connectivity index (χ1v) is 6.63. The van der Waals surface area contributed by atoms with Gasteiger partial charge in [0, 0.05) is 18.8 Å². The minimum Gasteiger partial charge on any atom is -0.300 e. The van der Waals surface area contributed by atoms with E-state index in [9.17, 15) is 9.59 Å². The number of unbranched alkanes of at least 4 members (excludes halogenated alkanes) is 3. The van der Waals surface area contributed by atoms with Crippen LogP contribution < -0.4 is 0 Å². The van der Waals surface area contributed by atoms with Gasteiger partial charge in [-0.3, -0.25) is 9.59 Å². The normalized spacial score (nSPS) is 12.4. The predicted molar refractivity (Wildman–Crippen MR) is 67.5 cm³/mol. The highest BCUT2D eigenvalue weighted by molar-refractivity contribution is 5.86. The predicted octanol–water partition coefficient (Wildman–Crippen LogP) is 3.92. The minimum absolute atomic E-state index is 0.0244. The molecule has 2 nitrogen and oxygen atoms in total. The van der Waals surface area contributed by atoms with Crippen molar-refractivity contribution in [3.63, 3.8) is 0 Å². The molecule has 1 unspecified atom stereocenters. The third-order valence-corrected chi connectivity index (χ3v) is 3.00. The van der Waals surface area contributed by atoms with Gasteiger partial charge in [-0.1, -0.05) is 39.5 Å². The Morgan fingerprint density at radius 2 is 1.69 bits per heavy atom. The molecule has 0 aliphatic carbocycles. The van der Waals surface area contributed by atoms with Crippen molar-refractivity contribution >= 4 is 11.6 Å². The molecule has 0 radical (unpaired) electrons. The van der Waals surface area contributed by atoms with Crippen LogP contribution in [0.15, 0.2) is 0 Å². The Kier molecular flexibility index (Phi) is 9.16. The second-order valence-electron chi connectivity index (χ2n) is 4.65. The summed E-state index contributed by atoms with van der Waals surface area (Å²) in [6, 6.07) is 0. The lowest BCUT2D eigenvalue weighted by Crippen LogP contribution is -2.15. The molecule has 94 valence electrons. The Morgan fingerprint density at radius 3 is 2.19 bits per heavy atom. The molecule has 0 spiro atoms. The van der Waals surface area contributed by atoms with Crippen molar-refractivity contribution in [1.29, 1.82) is 0 Å². The van der Waals surface area contributed by atoms with Crippen LogP contribution in [0.2, 0.25) is 0 Å². The summed E-state index contributed by atoms with van der Waals surface area (Å²) in [6.45, 7) is 5.82. The number of hydrogen-bond donors (Lipinski definition) is 0. The molecule has 0 aromatic carbocycles. The standard InChI is InChI=1S/C14H26O2/c1-4-6-7-8-10-14(16)11-13(9-5-2)12(3)15/h13H,4-11H2,1-3H3. The number of carbonyl (C=O) groups excluding carboxylic acids is 2. The smallest absolute Gasteiger partial charge is 0.133 e. The van der Waals surface area contributed by atoms with Gasteiger partial charge in [0.15, 0.2) is 0 Å². The van der Waals surface area contributed by atoms with E-state index in [1.165, 1.54) is 12.8 Å². The molecule has 16 heavy (non-hydrogen) atoms. The average molecular weight is 226 g/mol. The molecular formula is C14H26O2. The molecule has 0 aliphatic heterocycles. The van der Waals surface area contributed by atoms with Crippen molar-refractivity contribution in [3.05, 3.63) is 0 Å². The van der Waals surface area contributed by atoms with Crippen LogP contribution in [-0.2, 0) is 9.59 Å². The molecule has 0 rings (SSSR count). The van der Waals surface area contributed by atoms with Crippen molar-refractivity contribution < 1.29 is 9.59 Å². The Hall–Kier alpha value is -0.660. The monoisotopic (exact) mass is 226 g/mol. The number of Topliss-reactive ketones (excluding diaryl/α,β-unsaturated/α-hetero) is 2. The number of rotatable bonds is 10. The third-order valence-electron chi connectivity index (χ3n) is 3.00. The lowest BCUT2D eigenvalue weighted by Gasteiger charge is -2.11. The summed E-state index contributed by atoms with van der Waals surface area (Å²) in [7, 11) is 0. The Morgan fingerprint density at radius 1 is 1.00 bits per heavy atom. The summed E-state index contributed by atoms with van der Waals surface area (Å²) < 4.78 is 0. The lowest BCUT2D eigenvalue weighted by molar-refractivity contribution is -0.127. The summed E-state index contributed by atoms with van der Waals surface area (Å²) in [6.07, 6.45) is 7.49. The molecule has 0 amide bonds. The molecule has 0 aromatic heterocycles. The first-order valence-electron chi connectivity index (χ1n) is 6.63. The zero-order valence-electron chi connectivity index (χ0n) is 11.1. The van der Waals surface area contributed by atoms with Crippen LogP contribution in [0.3, 0.4) is 0 Å². The van der Waals surface area contributed by atoms with E-state index in [2.05, 4.69) is 13.8 Å². The lowest BCUT2D eigenvalue weighted by atomic mass is 9.92. The summed E-state index contributed by atoms with van der Waals surface area (Å²) in [4.78, 5) is 22.9. The molecule has 0 aromatic rings. The third kappa shape index (κ3) is 7.61. The maximum atomic E-state index is 11.6. The van der Waals surface area contributed by atoms with Gasteiger partial charge in [0.05, 0.1) is 0 Å². The van der Waals surface area contributed by atoms with E-state index in [-0.39, 0.29) is 17.5 Å². The second kappa shape index (κ2) is 9.56. The van der Waals surface area contributed by atoms with Crippen LogP contribution >= 0.6 is 0 Å². The van der Waals surface area contributed by atoms with E-state index >= 15 is 0 Å². The highest BCUT2D eigenvalue weighted by atomic mass is 16.1. The zero-order chi connectivity index (χ0) is 12.4. The van der Waals surface area contributed by atoms with Gasteiger partial charge in [-0.2, -0.15) is 0 Å². The van der Waals surface area contributed by atoms with Gasteiger partial charge in [-0.05, 0) is 19.8 Å². The fourth-order valence-electron chi connectivity index (χ4n) is 1.92. The molecule has 1 atom stereocenters. The molecule has 0 N–H and O–H groups in total. The van der Waals surface area contributed by atoms with Gasteiger partial charge in [0.25, 0.3) is 0 Å². The first-order chi connectivity index (χ1) is 7.61. The largest absolute Gasteiger partial charge is 0.300 e. The maximum absolute atomic E-state index is 11.6. The van der Waals surface area contributed by atoms with E-state index < -0.39 is 0 Å². The summed E-state index contributed by atoms with van der Waals surface area (Å²) >= 11 is 0. The van der Waals surface area contributed by atoms with Gasteiger partial charge < -0.3 is 0 Å². The van der Waals surface area contributed by atoms with Crippen LogP contribution in [0.4, 0.5) is 0 Å². The summed E-state index contributed by atoms with van der Waals surface area (Å²) in [5.41, 5.74) is 0. The van der Waals surface area contributed by atoms with Gasteiger partial charge in [0.1, 0.15) is 11.6 Å². The minimum atomic E-state index is -0.0244. The molecule has 0 heterocycles. The van der Waals surface area contributed by atoms with Crippen LogP contribution in [0, 0.1) is 5.92 Å². The summed E-state index contributed by atoms with van der Waals surface area (Å²) in [5, 5.41) is 0. The van der Waals surface area contributed by atoms with E-state index in [0.717, 1.165) is 25.7 Å². The van der Waals surface area contributed by atoms with Crippen molar-refractivity contribution in [3.8, 4) is 0 Å². The van der Waals surface area contributed by atoms with Crippen LogP contribution in [-0.4, -0.2) is 11.6 Å². The first kappa shape index (κ1) is 15.3. The van der Waals surface area contributed by atoms with Gasteiger partial charge >= 0.3 is 0 Å². The molecule has 0 fully saturated rings. The Labute approximate surface area is 99.8 Å². The maximum Gasteiger partial charge on any atom is 0.133 e. The number of carbonyl (C=O) groups is 2. The van der Waals surface area contributed by atoms with Crippen LogP contribution in [0.1, 0.15) is 72.1 Å². The fourth-order valence-corrected chi connectivity index (χ4v) is 1.92. The van der Waals surface area contributed by atoms with Crippen LogP contribution in [0.25, 0.3) is 0 Å². The van der Waals surface area contributed by atoms with E-state index in [0.29, 0.717) is 12.8 Å². The molecule has 0 saturated heterocycles. The SMILES string of the molecule is CCCCCCC(=O)CC(CCC)C(C)=O. The Bertz CT molecular complexity index is 209. The Balaban J connectivity index is 3.77. The topological polar surface area (TPSA) is 34.1 Å². The van der Waals surface area contributed by atoms with Gasteiger partial charge in [-0.25, -0.2) is 0 Å². The molecule has 0 saturated carbocycles. The van der Waals surface area contributed by atoms with Crippen molar-refractivity contribution in [2.75, 3.05) is 0 Å². The zero-order valence-corrected chi connectivity index (χ0v) is 11.1. The van der Waals surface area contributed by atoms with E-state index in [4.69, 9.17) is 0 Å². The molecule has 2 heteroatoms. The van der Waals surface area contributed by atoms with E-state index in [1.54, 1.807) is 6.92 Å². The highest BCUT2D eigenvalue weighted by Crippen LogP contribution is 2.15. The highest BCUT2D eigenvalue weighted by Gasteiger charge is 2.16. The number of hydrogen-bond acceptors (Lipinski definition) is 2. The van der Waals surface area contributed by atoms with Crippen molar-refractivity contribution in [2.45, 2.75) is 72.1 Å². The fraction of sp³-hybridized carbons (Fsp3) is 0.857. The second-order valence-corrected chi connectivity index (χ2v) is 4.65. The number of ketones is 2. The van der Waals surface area contributed by atoms with Crippen molar-refractivity contribution in [2.24, 2.45) is 5.92 Å². The van der Waals surface area contributed by atoms with Crippen LogP contribution in [0.5, 0.6) is 0 Å². The van der Waals surface area contributed by atoms with Gasteiger partial charge in [-0.15, -0.1) is 0 Å². The van der Waals surface area contributed by atoms with E-state index in [1.807, 2.05) is 0 Å². The quantitative estimate of drug-likeness (QED) is 0.529. The molecule has 0 aliphatic rings. The molecule has 0 bridgehead atoms. The van der Waals surface area contributed by atoms with Gasteiger partial charge in [0.2, 0.25) is 0 Å². The molecular weight excluding hydrogens is 200 g/mol. The van der Waals surface area contributed by atoms with Crippen molar-refractivity contribution in [1.82, 2.24) is 0 Å². The average Bonchev–Trinajstić information content (AvgIpc) is 2.23.